The predicted molar refractivity (Wildman–Crippen MR) is 90.2 cm³/mol. The first-order valence-corrected chi connectivity index (χ1v) is 7.37. The molecule has 2 N–H and O–H groups in total. The molecule has 1 aliphatic heterocycles. The van der Waals surface area contributed by atoms with Crippen LogP contribution >= 0.6 is 0 Å². The van der Waals surface area contributed by atoms with E-state index in [1.165, 1.54) is 0 Å². The summed E-state index contributed by atoms with van der Waals surface area (Å²) in [5.74, 6) is 0.128. The molecular formula is C18H15N3O2. The van der Waals surface area contributed by atoms with E-state index in [4.69, 9.17) is 4.98 Å². The highest BCUT2D eigenvalue weighted by molar-refractivity contribution is 5.94. The van der Waals surface area contributed by atoms with E-state index in [0.717, 1.165) is 33.7 Å². The molecule has 1 aromatic heterocycles. The minimum absolute atomic E-state index is 0.559. The molecule has 0 radical (unpaired) electrons. The van der Waals surface area contributed by atoms with E-state index in [0.29, 0.717) is 5.82 Å². The van der Waals surface area contributed by atoms with Gasteiger partial charge < -0.3 is 10.4 Å². The molecule has 1 unspecified atom stereocenters. The maximum Gasteiger partial charge on any atom is 0.310 e. The molecule has 0 saturated carbocycles. The van der Waals surface area contributed by atoms with Gasteiger partial charge in [0.25, 0.3) is 0 Å². The van der Waals surface area contributed by atoms with Crippen LogP contribution in [0.2, 0.25) is 0 Å². The standard InChI is InChI=1S/C18H15N3O2/c1-10(18(22)23)12-7-8-13-15(9-12)19-11(2)21-16-6-4-3-5-14(16)20-17(13)21/h3-10,19H,2H2,1H3,(H,22,23). The average molecular weight is 305 g/mol. The number of carboxylic acid groups (broad SMARTS) is 1. The lowest BCUT2D eigenvalue weighted by atomic mass is 9.98. The summed E-state index contributed by atoms with van der Waals surface area (Å²) < 4.78 is 1.98. The lowest BCUT2D eigenvalue weighted by molar-refractivity contribution is -0.138. The van der Waals surface area contributed by atoms with Gasteiger partial charge in [-0.15, -0.1) is 0 Å². The zero-order chi connectivity index (χ0) is 16.1. The quantitative estimate of drug-likeness (QED) is 0.757. The van der Waals surface area contributed by atoms with Gasteiger partial charge in [-0.25, -0.2) is 4.98 Å². The molecular weight excluding hydrogens is 290 g/mol. The Morgan fingerprint density at radius 2 is 2.09 bits per heavy atom. The predicted octanol–water partition coefficient (Wildman–Crippen LogP) is 3.75. The van der Waals surface area contributed by atoms with Gasteiger partial charge in [0.15, 0.2) is 0 Å². The Hall–Kier alpha value is -3.08. The van der Waals surface area contributed by atoms with Crippen molar-refractivity contribution in [3.8, 4) is 11.4 Å². The van der Waals surface area contributed by atoms with E-state index in [2.05, 4.69) is 11.9 Å². The van der Waals surface area contributed by atoms with E-state index >= 15 is 0 Å². The smallest absolute Gasteiger partial charge is 0.310 e. The molecule has 0 fully saturated rings. The van der Waals surface area contributed by atoms with Crippen LogP contribution < -0.4 is 5.32 Å². The van der Waals surface area contributed by atoms with E-state index in [1.54, 1.807) is 6.92 Å². The van der Waals surface area contributed by atoms with Gasteiger partial charge in [0.1, 0.15) is 11.6 Å². The molecule has 3 aromatic rings. The van der Waals surface area contributed by atoms with Crippen molar-refractivity contribution in [2.45, 2.75) is 12.8 Å². The van der Waals surface area contributed by atoms with Crippen LogP contribution in [0.25, 0.3) is 28.2 Å². The molecule has 1 atom stereocenters. The summed E-state index contributed by atoms with van der Waals surface area (Å²) in [7, 11) is 0. The van der Waals surface area contributed by atoms with Crippen LogP contribution in [0, 0.1) is 0 Å². The summed E-state index contributed by atoms with van der Waals surface area (Å²) in [5.41, 5.74) is 4.43. The summed E-state index contributed by atoms with van der Waals surface area (Å²) in [6.07, 6.45) is 0. The number of rotatable bonds is 2. The van der Waals surface area contributed by atoms with E-state index < -0.39 is 11.9 Å². The van der Waals surface area contributed by atoms with Gasteiger partial charge in [-0.1, -0.05) is 24.8 Å². The van der Waals surface area contributed by atoms with Gasteiger partial charge in [-0.05, 0) is 36.8 Å². The van der Waals surface area contributed by atoms with Crippen molar-refractivity contribution in [1.82, 2.24) is 9.55 Å². The molecule has 2 aromatic carbocycles. The Morgan fingerprint density at radius 1 is 1.30 bits per heavy atom. The number of imidazole rings is 1. The number of fused-ring (bicyclic) bond motifs is 5. The Bertz CT molecular complexity index is 972. The molecule has 0 amide bonds. The van der Waals surface area contributed by atoms with Gasteiger partial charge in [0.2, 0.25) is 0 Å². The van der Waals surface area contributed by atoms with E-state index in [-0.39, 0.29) is 0 Å². The third-order valence-corrected chi connectivity index (χ3v) is 4.26. The largest absolute Gasteiger partial charge is 0.481 e. The first-order valence-electron chi connectivity index (χ1n) is 7.37. The fourth-order valence-corrected chi connectivity index (χ4v) is 2.96. The topological polar surface area (TPSA) is 67.2 Å². The highest BCUT2D eigenvalue weighted by atomic mass is 16.4. The van der Waals surface area contributed by atoms with E-state index in [9.17, 15) is 9.90 Å². The Morgan fingerprint density at radius 3 is 2.87 bits per heavy atom. The van der Waals surface area contributed by atoms with Crippen LogP contribution in [-0.2, 0) is 4.79 Å². The SMILES string of the molecule is C=C1Nc2cc(C(C)C(=O)O)ccc2-c2nc3ccccc3n21. The number of hydrogen-bond donors (Lipinski definition) is 2. The number of nitrogens with zero attached hydrogens (tertiary/aromatic N) is 2. The Labute approximate surface area is 132 Å². The first kappa shape index (κ1) is 13.6. The van der Waals surface area contributed by atoms with Crippen molar-refractivity contribution < 1.29 is 9.90 Å². The molecule has 114 valence electrons. The summed E-state index contributed by atoms with van der Waals surface area (Å²) in [5, 5.41) is 12.5. The second-order valence-electron chi connectivity index (χ2n) is 5.70. The maximum absolute atomic E-state index is 11.2. The zero-order valence-electron chi connectivity index (χ0n) is 12.6. The zero-order valence-corrected chi connectivity index (χ0v) is 12.6. The van der Waals surface area contributed by atoms with Crippen LogP contribution in [-0.4, -0.2) is 20.6 Å². The number of hydrogen-bond acceptors (Lipinski definition) is 3. The summed E-state index contributed by atoms with van der Waals surface area (Å²) in [4.78, 5) is 15.9. The number of carboxylic acids is 1. The number of aromatic nitrogens is 2. The van der Waals surface area contributed by atoms with Gasteiger partial charge in [-0.2, -0.15) is 0 Å². The van der Waals surface area contributed by atoms with Crippen LogP contribution in [0.15, 0.2) is 49.0 Å². The van der Waals surface area contributed by atoms with Crippen LogP contribution in [0.3, 0.4) is 0 Å². The lowest BCUT2D eigenvalue weighted by Crippen LogP contribution is -2.15. The number of benzene rings is 2. The number of aliphatic carboxylic acids is 1. The first-order chi connectivity index (χ1) is 11.1. The second-order valence-corrected chi connectivity index (χ2v) is 5.70. The second kappa shape index (κ2) is 4.71. The van der Waals surface area contributed by atoms with Gasteiger partial charge in [0, 0.05) is 5.56 Å². The Kier molecular flexibility index (Phi) is 2.78. The molecule has 23 heavy (non-hydrogen) atoms. The highest BCUT2D eigenvalue weighted by Gasteiger charge is 2.24. The van der Waals surface area contributed by atoms with E-state index in [1.807, 2.05) is 47.0 Å². The molecule has 0 bridgehead atoms. The van der Waals surface area contributed by atoms with Gasteiger partial charge >= 0.3 is 5.97 Å². The number of nitrogens with one attached hydrogen (secondary N) is 1. The molecule has 0 spiro atoms. The summed E-state index contributed by atoms with van der Waals surface area (Å²) in [6, 6.07) is 13.5. The number of para-hydroxylation sites is 2. The maximum atomic E-state index is 11.2. The molecule has 4 rings (SSSR count). The average Bonchev–Trinajstić information content (AvgIpc) is 2.93. The number of carbonyl (C=O) groups is 1. The minimum atomic E-state index is -0.841. The number of anilines is 1. The molecule has 5 heteroatoms. The normalized spacial score (nSPS) is 14.0. The third kappa shape index (κ3) is 1.93. The van der Waals surface area contributed by atoms with Crippen LogP contribution in [0.4, 0.5) is 5.69 Å². The summed E-state index contributed by atoms with van der Waals surface area (Å²) in [6.45, 7) is 5.76. The minimum Gasteiger partial charge on any atom is -0.481 e. The van der Waals surface area contributed by atoms with Crippen molar-refractivity contribution >= 4 is 28.5 Å². The molecule has 0 saturated heterocycles. The third-order valence-electron chi connectivity index (χ3n) is 4.26. The molecule has 0 aliphatic carbocycles. The highest BCUT2D eigenvalue weighted by Crippen LogP contribution is 2.38. The van der Waals surface area contributed by atoms with Crippen molar-refractivity contribution in [1.29, 1.82) is 0 Å². The van der Waals surface area contributed by atoms with Crippen molar-refractivity contribution in [2.24, 2.45) is 0 Å². The van der Waals surface area contributed by atoms with Crippen LogP contribution in [0.5, 0.6) is 0 Å². The molecule has 5 nitrogen and oxygen atoms in total. The molecule has 2 heterocycles. The van der Waals surface area contributed by atoms with Crippen molar-refractivity contribution in [3.05, 3.63) is 54.6 Å². The van der Waals surface area contributed by atoms with Crippen molar-refractivity contribution in [3.63, 3.8) is 0 Å². The fourth-order valence-electron chi connectivity index (χ4n) is 2.96. The van der Waals surface area contributed by atoms with Gasteiger partial charge in [-0.3, -0.25) is 9.36 Å². The monoisotopic (exact) mass is 305 g/mol. The Balaban J connectivity index is 1.93. The fraction of sp³-hybridized carbons (Fsp3) is 0.111. The molecule has 1 aliphatic rings. The van der Waals surface area contributed by atoms with Crippen molar-refractivity contribution in [2.75, 3.05) is 5.32 Å². The lowest BCUT2D eigenvalue weighted by Gasteiger charge is -2.23. The van der Waals surface area contributed by atoms with Crippen LogP contribution in [0.1, 0.15) is 18.4 Å². The summed E-state index contributed by atoms with van der Waals surface area (Å²) >= 11 is 0. The van der Waals surface area contributed by atoms with Gasteiger partial charge in [0.05, 0.1) is 22.6 Å².